The van der Waals surface area contributed by atoms with Crippen molar-refractivity contribution in [2.24, 2.45) is 0 Å². The van der Waals surface area contributed by atoms with Gasteiger partial charge in [0, 0.05) is 11.4 Å². The number of hydrogen-bond acceptors (Lipinski definition) is 2. The summed E-state index contributed by atoms with van der Waals surface area (Å²) in [6, 6.07) is 25.5. The van der Waals surface area contributed by atoms with Crippen LogP contribution in [0, 0.1) is 6.92 Å². The molecule has 0 aliphatic rings. The lowest BCUT2D eigenvalue weighted by atomic mass is 10.1. The van der Waals surface area contributed by atoms with Gasteiger partial charge in [0.1, 0.15) is 0 Å². The van der Waals surface area contributed by atoms with E-state index >= 15 is 0 Å². The molecule has 0 saturated carbocycles. The van der Waals surface area contributed by atoms with Crippen molar-refractivity contribution in [3.8, 4) is 11.1 Å². The normalized spacial score (nSPS) is 11.5. The third-order valence-electron chi connectivity index (χ3n) is 4.54. The second-order valence-electron chi connectivity index (χ2n) is 7.22. The van der Waals surface area contributed by atoms with Gasteiger partial charge in [-0.2, -0.15) is 0 Å². The van der Waals surface area contributed by atoms with Crippen LogP contribution in [0.25, 0.3) is 11.1 Å². The third-order valence-corrected chi connectivity index (χ3v) is 4.54. The van der Waals surface area contributed by atoms with E-state index in [2.05, 4.69) is 10.6 Å². The Kier molecular flexibility index (Phi) is 6.76. The van der Waals surface area contributed by atoms with Crippen molar-refractivity contribution in [3.05, 3.63) is 84.4 Å². The van der Waals surface area contributed by atoms with Gasteiger partial charge in [-0.15, -0.1) is 0 Å². The Morgan fingerprint density at radius 2 is 1.14 bits per heavy atom. The van der Waals surface area contributed by atoms with Gasteiger partial charge in [0.2, 0.25) is 0 Å². The number of carbonyl (C=O) groups excluding carboxylic acids is 2. The van der Waals surface area contributed by atoms with E-state index in [1.807, 2.05) is 92.8 Å². The number of likely N-dealkylation sites (N-methyl/N-ethyl adjacent to an activating group) is 1. The molecule has 1 atom stereocenters. The predicted octanol–water partition coefficient (Wildman–Crippen LogP) is 2.75. The zero-order valence-corrected chi connectivity index (χ0v) is 16.7. The van der Waals surface area contributed by atoms with Crippen molar-refractivity contribution in [3.63, 3.8) is 0 Å². The Bertz CT molecular complexity index is 952. The van der Waals surface area contributed by atoms with Crippen molar-refractivity contribution in [2.45, 2.75) is 6.92 Å². The molecule has 0 saturated heterocycles. The van der Waals surface area contributed by atoms with Gasteiger partial charge in [-0.3, -0.25) is 9.59 Å². The minimum absolute atomic E-state index is 0.119. The zero-order chi connectivity index (χ0) is 20.6. The highest BCUT2D eigenvalue weighted by atomic mass is 16.2. The molecule has 0 aliphatic heterocycles. The fourth-order valence-electron chi connectivity index (χ4n) is 3.03. The molecule has 3 N–H and O–H groups in total. The van der Waals surface area contributed by atoms with Crippen molar-refractivity contribution >= 4 is 23.2 Å². The lowest BCUT2D eigenvalue weighted by Crippen LogP contribution is -3.11. The molecule has 0 radical (unpaired) electrons. The Hall–Kier alpha value is -3.44. The van der Waals surface area contributed by atoms with Crippen LogP contribution in [0.15, 0.2) is 78.9 Å². The molecule has 0 aromatic heterocycles. The van der Waals surface area contributed by atoms with Gasteiger partial charge in [-0.05, 0) is 42.3 Å². The molecular formula is C24H26N3O2+. The summed E-state index contributed by atoms with van der Waals surface area (Å²) in [5, 5.41) is 5.74. The topological polar surface area (TPSA) is 62.6 Å². The minimum atomic E-state index is -0.127. The Morgan fingerprint density at radius 1 is 0.690 bits per heavy atom. The predicted molar refractivity (Wildman–Crippen MR) is 117 cm³/mol. The molecule has 5 heteroatoms. The van der Waals surface area contributed by atoms with Gasteiger partial charge in [-0.25, -0.2) is 0 Å². The number of anilines is 2. The Balaban J connectivity index is 1.47. The van der Waals surface area contributed by atoms with Gasteiger partial charge < -0.3 is 15.5 Å². The molecule has 0 bridgehead atoms. The van der Waals surface area contributed by atoms with Crippen LogP contribution in [0.5, 0.6) is 0 Å². The molecule has 3 aromatic rings. The number of amides is 2. The van der Waals surface area contributed by atoms with E-state index < -0.39 is 0 Å². The van der Waals surface area contributed by atoms with Crippen molar-refractivity contribution in [1.29, 1.82) is 0 Å². The van der Waals surface area contributed by atoms with E-state index in [-0.39, 0.29) is 24.9 Å². The first kappa shape index (κ1) is 20.3. The summed E-state index contributed by atoms with van der Waals surface area (Å²) in [5.74, 6) is -0.246. The molecule has 3 aromatic carbocycles. The Labute approximate surface area is 171 Å². The first-order valence-electron chi connectivity index (χ1n) is 9.63. The number of carbonyl (C=O) groups is 2. The van der Waals surface area contributed by atoms with Crippen LogP contribution in [0.1, 0.15) is 5.56 Å². The average Bonchev–Trinajstić information content (AvgIpc) is 2.70. The smallest absolute Gasteiger partial charge is 0.279 e. The third kappa shape index (κ3) is 6.30. The number of quaternary nitrogens is 1. The van der Waals surface area contributed by atoms with Crippen LogP contribution < -0.4 is 15.5 Å². The fraction of sp³-hybridized carbons (Fsp3) is 0.167. The second-order valence-corrected chi connectivity index (χ2v) is 7.22. The number of hydrogen-bond donors (Lipinski definition) is 3. The highest BCUT2D eigenvalue weighted by Crippen LogP contribution is 2.20. The van der Waals surface area contributed by atoms with Crippen molar-refractivity contribution in [1.82, 2.24) is 0 Å². The summed E-state index contributed by atoms with van der Waals surface area (Å²) in [4.78, 5) is 25.3. The van der Waals surface area contributed by atoms with Crippen molar-refractivity contribution < 1.29 is 14.5 Å². The maximum atomic E-state index is 12.3. The number of nitrogens with one attached hydrogen (secondary N) is 3. The van der Waals surface area contributed by atoms with Crippen LogP contribution in [0.4, 0.5) is 11.4 Å². The minimum Gasteiger partial charge on any atom is -0.322 e. The molecular weight excluding hydrogens is 362 g/mol. The van der Waals surface area contributed by atoms with Gasteiger partial charge in [-0.1, -0.05) is 60.2 Å². The second kappa shape index (κ2) is 9.66. The van der Waals surface area contributed by atoms with E-state index in [0.717, 1.165) is 33.0 Å². The molecule has 0 spiro atoms. The van der Waals surface area contributed by atoms with Gasteiger partial charge in [0.15, 0.2) is 13.1 Å². The highest BCUT2D eigenvalue weighted by Gasteiger charge is 2.14. The molecule has 5 nitrogen and oxygen atoms in total. The molecule has 1 unspecified atom stereocenters. The zero-order valence-electron chi connectivity index (χ0n) is 16.7. The Morgan fingerprint density at radius 3 is 1.66 bits per heavy atom. The largest absolute Gasteiger partial charge is 0.322 e. The van der Waals surface area contributed by atoms with Gasteiger partial charge >= 0.3 is 0 Å². The van der Waals surface area contributed by atoms with E-state index in [1.54, 1.807) is 0 Å². The van der Waals surface area contributed by atoms with E-state index in [0.29, 0.717) is 0 Å². The van der Waals surface area contributed by atoms with Gasteiger partial charge in [0.05, 0.1) is 7.05 Å². The quantitative estimate of drug-likeness (QED) is 0.583. The lowest BCUT2D eigenvalue weighted by molar-refractivity contribution is -0.862. The number of rotatable bonds is 7. The van der Waals surface area contributed by atoms with Crippen molar-refractivity contribution in [2.75, 3.05) is 30.8 Å². The van der Waals surface area contributed by atoms with Crippen LogP contribution in [0.3, 0.4) is 0 Å². The fourth-order valence-corrected chi connectivity index (χ4v) is 3.03. The van der Waals surface area contributed by atoms with Crippen LogP contribution in [-0.2, 0) is 9.59 Å². The average molecular weight is 388 g/mol. The monoisotopic (exact) mass is 388 g/mol. The van der Waals surface area contributed by atoms with E-state index in [1.165, 1.54) is 0 Å². The summed E-state index contributed by atoms with van der Waals surface area (Å²) in [6.07, 6.45) is 0. The molecule has 29 heavy (non-hydrogen) atoms. The number of benzene rings is 3. The summed E-state index contributed by atoms with van der Waals surface area (Å²) in [7, 11) is 1.83. The first-order chi connectivity index (χ1) is 14.0. The SMILES string of the molecule is Cc1ccc(NC(=O)C[NH+](C)CC(=O)Nc2ccc(-c3ccccc3)cc2)cc1. The highest BCUT2D eigenvalue weighted by molar-refractivity contribution is 5.93. The van der Waals surface area contributed by atoms with Crippen LogP contribution in [-0.4, -0.2) is 32.0 Å². The summed E-state index contributed by atoms with van der Waals surface area (Å²) in [6.45, 7) is 2.42. The van der Waals surface area contributed by atoms with E-state index in [4.69, 9.17) is 0 Å². The standard InChI is InChI=1S/C24H25N3O2/c1-18-8-12-21(13-9-18)25-23(28)16-27(2)17-24(29)26-22-14-10-20(11-15-22)19-6-4-3-5-7-19/h3-15H,16-17H2,1-2H3,(H,25,28)(H,26,29)/p+1. The summed E-state index contributed by atoms with van der Waals surface area (Å²) < 4.78 is 0. The maximum absolute atomic E-state index is 12.3. The first-order valence-corrected chi connectivity index (χ1v) is 9.63. The summed E-state index contributed by atoms with van der Waals surface area (Å²) >= 11 is 0. The molecule has 0 fully saturated rings. The lowest BCUT2D eigenvalue weighted by Gasteiger charge is -2.14. The molecule has 2 amide bonds. The van der Waals surface area contributed by atoms with Crippen LogP contribution >= 0.6 is 0 Å². The van der Waals surface area contributed by atoms with Crippen LogP contribution in [0.2, 0.25) is 0 Å². The molecule has 0 heterocycles. The van der Waals surface area contributed by atoms with E-state index in [9.17, 15) is 9.59 Å². The number of aryl methyl sites for hydroxylation is 1. The molecule has 0 aliphatic carbocycles. The molecule has 3 rings (SSSR count). The summed E-state index contributed by atoms with van der Waals surface area (Å²) in [5.41, 5.74) is 4.87. The molecule has 148 valence electrons. The maximum Gasteiger partial charge on any atom is 0.279 e. The van der Waals surface area contributed by atoms with Gasteiger partial charge in [0.25, 0.3) is 11.8 Å².